The topological polar surface area (TPSA) is 89.4 Å². The lowest BCUT2D eigenvalue weighted by Crippen LogP contribution is -2.39. The third-order valence-electron chi connectivity index (χ3n) is 4.28. The number of hydrogen-bond acceptors (Lipinski definition) is 4. The summed E-state index contributed by atoms with van der Waals surface area (Å²) in [5, 5.41) is 8.87. The maximum atomic E-state index is 12.5. The molecule has 1 aromatic heterocycles. The molecule has 1 aliphatic heterocycles. The van der Waals surface area contributed by atoms with E-state index in [1.165, 1.54) is 6.20 Å². The minimum Gasteiger partial charge on any atom is -0.484 e. The number of nitrogens with one attached hydrogen (secondary N) is 1. The van der Waals surface area contributed by atoms with Crippen molar-refractivity contribution in [1.29, 1.82) is 5.26 Å². The van der Waals surface area contributed by atoms with Gasteiger partial charge in [-0.05, 0) is 24.6 Å². The molecule has 7 nitrogen and oxygen atoms in total. The van der Waals surface area contributed by atoms with Gasteiger partial charge in [-0.1, -0.05) is 18.2 Å². The molecule has 0 spiro atoms. The Kier molecular flexibility index (Phi) is 5.54. The van der Waals surface area contributed by atoms with Crippen LogP contribution >= 0.6 is 0 Å². The van der Waals surface area contributed by atoms with E-state index in [-0.39, 0.29) is 18.4 Å². The molecule has 1 saturated heterocycles. The lowest BCUT2D eigenvalue weighted by atomic mass is 10.3. The summed E-state index contributed by atoms with van der Waals surface area (Å²) in [4.78, 5) is 31.2. The SMILES string of the molecule is N#Cc1c[nH]c(C(=O)N2CCCN(C(=O)COc3ccccc3)CC2)c1. The molecule has 3 rings (SSSR count). The molecule has 0 radical (unpaired) electrons. The average molecular weight is 352 g/mol. The zero-order valence-corrected chi connectivity index (χ0v) is 14.4. The highest BCUT2D eigenvalue weighted by atomic mass is 16.5. The number of rotatable bonds is 4. The smallest absolute Gasteiger partial charge is 0.270 e. The molecule has 0 bridgehead atoms. The zero-order valence-electron chi connectivity index (χ0n) is 14.4. The summed E-state index contributed by atoms with van der Waals surface area (Å²) < 4.78 is 5.51. The molecular weight excluding hydrogens is 332 g/mol. The summed E-state index contributed by atoms with van der Waals surface area (Å²) in [6, 6.07) is 12.8. The van der Waals surface area contributed by atoms with Gasteiger partial charge in [-0.2, -0.15) is 5.26 Å². The van der Waals surface area contributed by atoms with Crippen LogP contribution in [0, 0.1) is 11.3 Å². The summed E-state index contributed by atoms with van der Waals surface area (Å²) in [6.07, 6.45) is 2.22. The number of benzene rings is 1. The van der Waals surface area contributed by atoms with E-state index in [4.69, 9.17) is 10.00 Å². The average Bonchev–Trinajstić information content (AvgIpc) is 3.03. The van der Waals surface area contributed by atoms with Crippen LogP contribution in [-0.2, 0) is 4.79 Å². The van der Waals surface area contributed by atoms with E-state index < -0.39 is 0 Å². The molecule has 134 valence electrons. The van der Waals surface area contributed by atoms with Crippen LogP contribution in [0.15, 0.2) is 42.6 Å². The van der Waals surface area contributed by atoms with E-state index in [1.54, 1.807) is 15.9 Å². The van der Waals surface area contributed by atoms with Crippen molar-refractivity contribution in [2.24, 2.45) is 0 Å². The Labute approximate surface area is 151 Å². The Hall–Kier alpha value is -3.27. The van der Waals surface area contributed by atoms with Gasteiger partial charge in [0.1, 0.15) is 17.5 Å². The van der Waals surface area contributed by atoms with Crippen LogP contribution < -0.4 is 4.74 Å². The van der Waals surface area contributed by atoms with Gasteiger partial charge < -0.3 is 19.5 Å². The van der Waals surface area contributed by atoms with Crippen molar-refractivity contribution in [1.82, 2.24) is 14.8 Å². The Morgan fingerprint density at radius 1 is 1.12 bits per heavy atom. The molecule has 1 N–H and O–H groups in total. The third-order valence-corrected chi connectivity index (χ3v) is 4.28. The normalized spacial score (nSPS) is 14.4. The first-order valence-corrected chi connectivity index (χ1v) is 8.51. The molecule has 1 fully saturated rings. The van der Waals surface area contributed by atoms with Crippen molar-refractivity contribution in [3.05, 3.63) is 53.9 Å². The second-order valence-corrected chi connectivity index (χ2v) is 6.04. The van der Waals surface area contributed by atoms with Gasteiger partial charge >= 0.3 is 0 Å². The molecule has 2 aromatic rings. The number of ether oxygens (including phenoxy) is 1. The molecule has 0 unspecified atom stereocenters. The highest BCUT2D eigenvalue weighted by Gasteiger charge is 2.23. The highest BCUT2D eigenvalue weighted by Crippen LogP contribution is 2.12. The molecule has 0 saturated carbocycles. The number of aromatic nitrogens is 1. The minimum atomic E-state index is -0.152. The van der Waals surface area contributed by atoms with Crippen LogP contribution in [-0.4, -0.2) is 59.4 Å². The fraction of sp³-hybridized carbons (Fsp3) is 0.316. The van der Waals surface area contributed by atoms with E-state index in [0.717, 1.165) is 0 Å². The first-order valence-electron chi connectivity index (χ1n) is 8.51. The number of nitrogens with zero attached hydrogens (tertiary/aromatic N) is 3. The van der Waals surface area contributed by atoms with Crippen molar-refractivity contribution >= 4 is 11.8 Å². The second kappa shape index (κ2) is 8.21. The standard InChI is InChI=1S/C19H20N4O3/c20-12-15-11-17(21-13-15)19(25)23-8-4-7-22(9-10-23)18(24)14-26-16-5-2-1-3-6-16/h1-3,5-6,11,13,21H,4,7-10,14H2. The van der Waals surface area contributed by atoms with E-state index in [9.17, 15) is 9.59 Å². The molecule has 7 heteroatoms. The van der Waals surface area contributed by atoms with Crippen LogP contribution in [0.25, 0.3) is 0 Å². The molecule has 1 aliphatic rings. The Balaban J connectivity index is 1.53. The Bertz CT molecular complexity index is 810. The number of hydrogen-bond donors (Lipinski definition) is 1. The maximum absolute atomic E-state index is 12.5. The number of amides is 2. The van der Waals surface area contributed by atoms with Gasteiger partial charge in [0, 0.05) is 32.4 Å². The van der Waals surface area contributed by atoms with Gasteiger partial charge in [-0.15, -0.1) is 0 Å². The predicted octanol–water partition coefficient (Wildman–Crippen LogP) is 1.64. The maximum Gasteiger partial charge on any atom is 0.270 e. The lowest BCUT2D eigenvalue weighted by Gasteiger charge is -2.22. The van der Waals surface area contributed by atoms with Gasteiger partial charge in [0.15, 0.2) is 6.61 Å². The van der Waals surface area contributed by atoms with Gasteiger partial charge in [0.2, 0.25) is 0 Å². The first-order chi connectivity index (χ1) is 12.7. The molecule has 1 aromatic carbocycles. The van der Waals surface area contributed by atoms with Crippen LogP contribution in [0.4, 0.5) is 0 Å². The quantitative estimate of drug-likeness (QED) is 0.906. The Morgan fingerprint density at radius 3 is 2.58 bits per heavy atom. The van der Waals surface area contributed by atoms with E-state index >= 15 is 0 Å². The summed E-state index contributed by atoms with van der Waals surface area (Å²) in [7, 11) is 0. The second-order valence-electron chi connectivity index (χ2n) is 6.04. The third kappa shape index (κ3) is 4.22. The first kappa shape index (κ1) is 17.5. The van der Waals surface area contributed by atoms with E-state index in [2.05, 4.69) is 4.98 Å². The number of carbonyl (C=O) groups excluding carboxylic acids is 2. The molecule has 2 heterocycles. The van der Waals surface area contributed by atoms with Crippen LogP contribution in [0.5, 0.6) is 5.75 Å². The molecular formula is C19H20N4O3. The van der Waals surface area contributed by atoms with E-state index in [1.807, 2.05) is 36.4 Å². The highest BCUT2D eigenvalue weighted by molar-refractivity contribution is 5.93. The number of nitriles is 1. The molecule has 2 amide bonds. The van der Waals surface area contributed by atoms with Gasteiger partial charge in [-0.25, -0.2) is 0 Å². The van der Waals surface area contributed by atoms with Crippen LogP contribution in [0.3, 0.4) is 0 Å². The van der Waals surface area contributed by atoms with Crippen molar-refractivity contribution in [2.75, 3.05) is 32.8 Å². The fourth-order valence-corrected chi connectivity index (χ4v) is 2.88. The predicted molar refractivity (Wildman–Crippen MR) is 94.5 cm³/mol. The molecule has 0 aliphatic carbocycles. The molecule has 26 heavy (non-hydrogen) atoms. The monoisotopic (exact) mass is 352 g/mol. The minimum absolute atomic E-state index is 0.0138. The Morgan fingerprint density at radius 2 is 1.85 bits per heavy atom. The number of para-hydroxylation sites is 1. The zero-order chi connectivity index (χ0) is 18.4. The largest absolute Gasteiger partial charge is 0.484 e. The van der Waals surface area contributed by atoms with Crippen molar-refractivity contribution in [3.63, 3.8) is 0 Å². The summed E-state index contributed by atoms with van der Waals surface area (Å²) in [5.41, 5.74) is 0.826. The summed E-state index contributed by atoms with van der Waals surface area (Å²) in [6.45, 7) is 2.07. The number of H-pyrrole nitrogens is 1. The number of carbonyl (C=O) groups is 2. The lowest BCUT2D eigenvalue weighted by molar-refractivity contribution is -0.133. The van der Waals surface area contributed by atoms with Crippen molar-refractivity contribution < 1.29 is 14.3 Å². The van der Waals surface area contributed by atoms with Crippen molar-refractivity contribution in [2.45, 2.75) is 6.42 Å². The van der Waals surface area contributed by atoms with Crippen molar-refractivity contribution in [3.8, 4) is 11.8 Å². The fourth-order valence-electron chi connectivity index (χ4n) is 2.88. The number of aromatic amines is 1. The molecule has 0 atom stereocenters. The summed E-state index contributed by atoms with van der Waals surface area (Å²) in [5.74, 6) is 0.420. The van der Waals surface area contributed by atoms with Crippen LogP contribution in [0.1, 0.15) is 22.5 Å². The van der Waals surface area contributed by atoms with Gasteiger partial charge in [0.25, 0.3) is 11.8 Å². The summed E-state index contributed by atoms with van der Waals surface area (Å²) >= 11 is 0. The van der Waals surface area contributed by atoms with E-state index in [0.29, 0.717) is 49.6 Å². The van der Waals surface area contributed by atoms with Crippen LogP contribution in [0.2, 0.25) is 0 Å². The van der Waals surface area contributed by atoms with Gasteiger partial charge in [-0.3, -0.25) is 9.59 Å². The van der Waals surface area contributed by atoms with Gasteiger partial charge in [0.05, 0.1) is 5.56 Å².